The number of piperazine rings is 1. The van der Waals surface area contributed by atoms with E-state index in [1.807, 2.05) is 25.1 Å². The third-order valence-corrected chi connectivity index (χ3v) is 4.75. The molecule has 3 amide bonds. The van der Waals surface area contributed by atoms with E-state index in [-0.39, 0.29) is 30.5 Å². The number of nitrogens with one attached hydrogen (secondary N) is 2. The normalized spacial score (nSPS) is 22.4. The van der Waals surface area contributed by atoms with Crippen LogP contribution in [0.25, 0.3) is 0 Å². The summed E-state index contributed by atoms with van der Waals surface area (Å²) < 4.78 is 0. The first-order valence-electron chi connectivity index (χ1n) is 8.11. The highest BCUT2D eigenvalue weighted by atomic mass is 16.3. The summed E-state index contributed by atoms with van der Waals surface area (Å²) in [6, 6.07) is 7.25. The smallest absolute Gasteiger partial charge is 0.318 e. The van der Waals surface area contributed by atoms with Gasteiger partial charge in [0.15, 0.2) is 0 Å². The largest absolute Gasteiger partial charge is 0.396 e. The lowest BCUT2D eigenvalue weighted by Crippen LogP contribution is -2.60. The molecule has 2 aliphatic rings. The predicted octanol–water partition coefficient (Wildman–Crippen LogP) is 0.877. The van der Waals surface area contributed by atoms with E-state index in [9.17, 15) is 9.59 Å². The van der Waals surface area contributed by atoms with Gasteiger partial charge in [-0.05, 0) is 37.3 Å². The van der Waals surface area contributed by atoms with E-state index in [0.717, 1.165) is 24.0 Å². The molecule has 2 fully saturated rings. The Labute approximate surface area is 135 Å². The van der Waals surface area contributed by atoms with E-state index in [2.05, 4.69) is 16.7 Å². The maximum atomic E-state index is 12.7. The van der Waals surface area contributed by atoms with Crippen molar-refractivity contribution in [2.24, 2.45) is 0 Å². The molecule has 23 heavy (non-hydrogen) atoms. The minimum absolute atomic E-state index is 0.120. The summed E-state index contributed by atoms with van der Waals surface area (Å²) in [6.45, 7) is 2.84. The van der Waals surface area contributed by atoms with Gasteiger partial charge >= 0.3 is 6.03 Å². The summed E-state index contributed by atoms with van der Waals surface area (Å²) in [5.41, 5.74) is 2.00. The van der Waals surface area contributed by atoms with Gasteiger partial charge in [0.1, 0.15) is 6.04 Å². The molecular weight excluding hydrogens is 294 g/mol. The molecule has 1 aliphatic heterocycles. The molecule has 1 aromatic rings. The van der Waals surface area contributed by atoms with Crippen LogP contribution in [0.4, 0.5) is 4.79 Å². The molecule has 124 valence electrons. The maximum absolute atomic E-state index is 12.7. The lowest BCUT2D eigenvalue weighted by molar-refractivity contribution is -0.128. The summed E-state index contributed by atoms with van der Waals surface area (Å²) in [4.78, 5) is 26.2. The van der Waals surface area contributed by atoms with Crippen LogP contribution in [0.5, 0.6) is 0 Å². The third-order valence-electron chi connectivity index (χ3n) is 4.75. The first kappa shape index (κ1) is 15.8. The number of hydrogen-bond donors (Lipinski definition) is 3. The number of carbonyl (C=O) groups excluding carboxylic acids is 2. The zero-order valence-corrected chi connectivity index (χ0v) is 13.3. The van der Waals surface area contributed by atoms with Crippen LogP contribution in [-0.2, 0) is 10.3 Å². The number of benzene rings is 1. The van der Waals surface area contributed by atoms with Crippen molar-refractivity contribution in [1.82, 2.24) is 15.5 Å². The van der Waals surface area contributed by atoms with Gasteiger partial charge in [-0.3, -0.25) is 4.79 Å². The van der Waals surface area contributed by atoms with Gasteiger partial charge in [-0.25, -0.2) is 4.79 Å². The summed E-state index contributed by atoms with van der Waals surface area (Å²) in [5.74, 6) is -0.193. The molecule has 1 heterocycles. The molecule has 1 saturated heterocycles. The highest BCUT2D eigenvalue weighted by Crippen LogP contribution is 2.46. The van der Waals surface area contributed by atoms with Crippen LogP contribution < -0.4 is 10.6 Å². The molecule has 1 aliphatic carbocycles. The monoisotopic (exact) mass is 317 g/mol. The molecule has 6 heteroatoms. The molecule has 3 rings (SSSR count). The number of aliphatic hydroxyl groups excluding tert-OH is 1. The fourth-order valence-electron chi connectivity index (χ4n) is 3.34. The molecule has 1 atom stereocenters. The first-order valence-corrected chi connectivity index (χ1v) is 8.11. The van der Waals surface area contributed by atoms with Gasteiger partial charge in [-0.15, -0.1) is 0 Å². The van der Waals surface area contributed by atoms with E-state index in [1.54, 1.807) is 4.90 Å². The summed E-state index contributed by atoms with van der Waals surface area (Å²) in [7, 11) is 0. The van der Waals surface area contributed by atoms with Crippen LogP contribution in [0.2, 0.25) is 0 Å². The topological polar surface area (TPSA) is 81.7 Å². The molecule has 0 bridgehead atoms. The molecule has 0 aromatic heterocycles. The maximum Gasteiger partial charge on any atom is 0.318 e. The molecule has 1 saturated carbocycles. The Morgan fingerprint density at radius 2 is 2.17 bits per heavy atom. The van der Waals surface area contributed by atoms with Crippen LogP contribution in [-0.4, -0.2) is 47.7 Å². The van der Waals surface area contributed by atoms with Crippen molar-refractivity contribution < 1.29 is 14.7 Å². The molecule has 1 aromatic carbocycles. The van der Waals surface area contributed by atoms with E-state index < -0.39 is 6.04 Å². The number of amides is 3. The van der Waals surface area contributed by atoms with Crippen molar-refractivity contribution in [3.63, 3.8) is 0 Å². The lowest BCUT2D eigenvalue weighted by atomic mass is 9.99. The highest BCUT2D eigenvalue weighted by Gasteiger charge is 2.48. The summed E-state index contributed by atoms with van der Waals surface area (Å²) in [6.07, 6.45) is 2.08. The Kier molecular flexibility index (Phi) is 4.26. The molecule has 0 unspecified atom stereocenters. The minimum atomic E-state index is -0.596. The van der Waals surface area contributed by atoms with Gasteiger partial charge in [0.25, 0.3) is 0 Å². The van der Waals surface area contributed by atoms with E-state index in [4.69, 9.17) is 5.11 Å². The average Bonchev–Trinajstić information content (AvgIpc) is 3.30. The minimum Gasteiger partial charge on any atom is -0.396 e. The predicted molar refractivity (Wildman–Crippen MR) is 85.8 cm³/mol. The Hall–Kier alpha value is -2.08. The number of carbonyl (C=O) groups is 2. The number of rotatable bonds is 4. The van der Waals surface area contributed by atoms with Gasteiger partial charge in [0.2, 0.25) is 5.91 Å². The summed E-state index contributed by atoms with van der Waals surface area (Å²) >= 11 is 0. The number of urea groups is 1. The van der Waals surface area contributed by atoms with Gasteiger partial charge in [-0.2, -0.15) is 0 Å². The van der Waals surface area contributed by atoms with Crippen molar-refractivity contribution >= 4 is 11.9 Å². The number of hydrogen-bond acceptors (Lipinski definition) is 3. The Morgan fingerprint density at radius 3 is 2.83 bits per heavy atom. The SMILES string of the molecule is Cc1ccccc1C1(NC(=O)N2CCNC(=O)[C@@H]2CCO)CC1. The Balaban J connectivity index is 1.76. The lowest BCUT2D eigenvalue weighted by Gasteiger charge is -2.36. The average molecular weight is 317 g/mol. The number of aliphatic hydroxyl groups is 1. The third kappa shape index (κ3) is 3.03. The Bertz CT molecular complexity index is 613. The Morgan fingerprint density at radius 1 is 1.43 bits per heavy atom. The van der Waals surface area contributed by atoms with Crippen LogP contribution >= 0.6 is 0 Å². The van der Waals surface area contributed by atoms with Crippen molar-refractivity contribution in [3.05, 3.63) is 35.4 Å². The molecule has 0 radical (unpaired) electrons. The van der Waals surface area contributed by atoms with Crippen molar-refractivity contribution in [2.75, 3.05) is 19.7 Å². The van der Waals surface area contributed by atoms with Crippen molar-refractivity contribution in [2.45, 2.75) is 37.8 Å². The zero-order chi connectivity index (χ0) is 16.4. The second-order valence-corrected chi connectivity index (χ2v) is 6.34. The molecule has 0 spiro atoms. The van der Waals surface area contributed by atoms with Gasteiger partial charge in [-0.1, -0.05) is 24.3 Å². The first-order chi connectivity index (χ1) is 11.1. The van der Waals surface area contributed by atoms with Crippen molar-refractivity contribution in [3.8, 4) is 0 Å². The quantitative estimate of drug-likeness (QED) is 0.771. The van der Waals surface area contributed by atoms with Crippen LogP contribution in [0.15, 0.2) is 24.3 Å². The fraction of sp³-hybridized carbons (Fsp3) is 0.529. The number of aryl methyl sites for hydroxylation is 1. The molecule has 6 nitrogen and oxygen atoms in total. The molecular formula is C17H23N3O3. The number of nitrogens with zero attached hydrogens (tertiary/aromatic N) is 1. The van der Waals surface area contributed by atoms with E-state index in [0.29, 0.717) is 13.1 Å². The van der Waals surface area contributed by atoms with Crippen molar-refractivity contribution in [1.29, 1.82) is 0 Å². The second-order valence-electron chi connectivity index (χ2n) is 6.34. The van der Waals surface area contributed by atoms with Crippen LogP contribution in [0, 0.1) is 6.92 Å². The van der Waals surface area contributed by atoms with Gasteiger partial charge < -0.3 is 20.6 Å². The van der Waals surface area contributed by atoms with Gasteiger partial charge in [0, 0.05) is 19.7 Å². The molecule has 3 N–H and O–H groups in total. The highest BCUT2D eigenvalue weighted by molar-refractivity contribution is 5.88. The van der Waals surface area contributed by atoms with Gasteiger partial charge in [0.05, 0.1) is 5.54 Å². The van der Waals surface area contributed by atoms with E-state index in [1.165, 1.54) is 0 Å². The van der Waals surface area contributed by atoms with Crippen LogP contribution in [0.1, 0.15) is 30.4 Å². The zero-order valence-electron chi connectivity index (χ0n) is 13.3. The van der Waals surface area contributed by atoms with E-state index >= 15 is 0 Å². The fourth-order valence-corrected chi connectivity index (χ4v) is 3.34. The van der Waals surface area contributed by atoms with Crippen LogP contribution in [0.3, 0.4) is 0 Å². The summed E-state index contributed by atoms with van der Waals surface area (Å²) in [5, 5.41) is 15.0. The second kappa shape index (κ2) is 6.20. The standard InChI is InChI=1S/C17H23N3O3/c1-12-4-2-3-5-13(12)17(7-8-17)19-16(23)20-10-9-18-15(22)14(20)6-11-21/h2-5,14,21H,6-11H2,1H3,(H,18,22)(H,19,23)/t14-/m0/s1.